The van der Waals surface area contributed by atoms with Crippen molar-refractivity contribution >= 4 is 11.5 Å². The molecule has 0 spiro atoms. The summed E-state index contributed by atoms with van der Waals surface area (Å²) in [5.41, 5.74) is 3.98. The van der Waals surface area contributed by atoms with E-state index in [1.165, 1.54) is 11.2 Å². The van der Waals surface area contributed by atoms with Gasteiger partial charge in [0.2, 0.25) is 0 Å². The van der Waals surface area contributed by atoms with Crippen LogP contribution in [0.15, 0.2) is 31.0 Å². The topological polar surface area (TPSA) is 66.2 Å². The first-order valence-electron chi connectivity index (χ1n) is 6.75. The molecule has 1 aliphatic heterocycles. The van der Waals surface area contributed by atoms with E-state index in [1.54, 1.807) is 12.3 Å². The number of aryl methyl sites for hydroxylation is 2. The summed E-state index contributed by atoms with van der Waals surface area (Å²) in [6.07, 6.45) is -0.817. The molecule has 1 aliphatic rings. The number of hydrazine groups is 1. The zero-order valence-corrected chi connectivity index (χ0v) is 12.3. The van der Waals surface area contributed by atoms with Crippen molar-refractivity contribution < 1.29 is 18.3 Å². The van der Waals surface area contributed by atoms with Crippen molar-refractivity contribution in [2.24, 2.45) is 0 Å². The van der Waals surface area contributed by atoms with E-state index in [9.17, 15) is 18.3 Å². The number of aliphatic hydroxyl groups is 1. The second-order valence-electron chi connectivity index (χ2n) is 5.23. The van der Waals surface area contributed by atoms with Crippen LogP contribution in [0.2, 0.25) is 0 Å². The van der Waals surface area contributed by atoms with Gasteiger partial charge in [0.1, 0.15) is 5.82 Å². The van der Waals surface area contributed by atoms with E-state index in [0.717, 1.165) is 28.2 Å². The fraction of sp³-hybridized carbons (Fsp3) is 0.286. The number of nitrogens with one attached hydrogen (secondary N) is 1. The average Bonchev–Trinajstić information content (AvgIpc) is 3.08. The predicted molar refractivity (Wildman–Crippen MR) is 76.8 cm³/mol. The smallest absolute Gasteiger partial charge is 0.367 e. The van der Waals surface area contributed by atoms with Gasteiger partial charge in [-0.05, 0) is 31.0 Å². The molecule has 9 heteroatoms. The molecule has 0 saturated heterocycles. The van der Waals surface area contributed by atoms with Crippen molar-refractivity contribution in [2.45, 2.75) is 26.3 Å². The number of halogens is 3. The minimum absolute atomic E-state index is 0.216. The fourth-order valence-corrected chi connectivity index (χ4v) is 2.16. The summed E-state index contributed by atoms with van der Waals surface area (Å²) in [6.45, 7) is 3.82. The number of pyridine rings is 1. The van der Waals surface area contributed by atoms with E-state index in [-0.39, 0.29) is 5.70 Å². The highest BCUT2D eigenvalue weighted by Gasteiger charge is 2.35. The molecular weight excluding hydrogens is 311 g/mol. The standard InChI is InChI=1S/C14H14F3N5O/c1-8-3-12(18-4-9(8)2)22-13(23)10(5-20-22)21-6-11(19-7-21)14(15,16)17/h3-7,13,20,23H,1-2H3. The molecule has 1 unspecified atom stereocenters. The number of alkyl halides is 3. The molecule has 0 aromatic carbocycles. The Morgan fingerprint density at radius 1 is 1.22 bits per heavy atom. The Labute approximate surface area is 129 Å². The van der Waals surface area contributed by atoms with E-state index in [2.05, 4.69) is 15.4 Å². The quantitative estimate of drug-likeness (QED) is 0.885. The summed E-state index contributed by atoms with van der Waals surface area (Å²) >= 11 is 0. The van der Waals surface area contributed by atoms with E-state index < -0.39 is 18.1 Å². The lowest BCUT2D eigenvalue weighted by Gasteiger charge is -2.23. The van der Waals surface area contributed by atoms with Crippen molar-refractivity contribution in [2.75, 3.05) is 5.01 Å². The van der Waals surface area contributed by atoms with Crippen LogP contribution in [0.4, 0.5) is 19.0 Å². The minimum atomic E-state index is -4.53. The molecular formula is C14H14F3N5O. The predicted octanol–water partition coefficient (Wildman–Crippen LogP) is 2.06. The van der Waals surface area contributed by atoms with Gasteiger partial charge in [0, 0.05) is 18.6 Å². The largest absolute Gasteiger partial charge is 0.434 e. The molecule has 2 aromatic heterocycles. The average molecular weight is 325 g/mol. The fourth-order valence-electron chi connectivity index (χ4n) is 2.16. The van der Waals surface area contributed by atoms with E-state index in [1.807, 2.05) is 13.8 Å². The Morgan fingerprint density at radius 2 is 1.96 bits per heavy atom. The van der Waals surface area contributed by atoms with Crippen LogP contribution in [0.1, 0.15) is 16.8 Å². The lowest BCUT2D eigenvalue weighted by molar-refractivity contribution is -0.140. The number of nitrogens with zero attached hydrogens (tertiary/aromatic N) is 4. The summed E-state index contributed by atoms with van der Waals surface area (Å²) in [7, 11) is 0. The zero-order chi connectivity index (χ0) is 16.8. The molecule has 3 rings (SSSR count). The summed E-state index contributed by atoms with van der Waals surface area (Å²) < 4.78 is 39.0. The van der Waals surface area contributed by atoms with Gasteiger partial charge in [-0.25, -0.2) is 15.0 Å². The van der Waals surface area contributed by atoms with Gasteiger partial charge in [0.05, 0.1) is 12.0 Å². The van der Waals surface area contributed by atoms with Gasteiger partial charge < -0.3 is 9.67 Å². The molecule has 2 aromatic rings. The summed E-state index contributed by atoms with van der Waals surface area (Å²) in [5, 5.41) is 11.7. The molecule has 23 heavy (non-hydrogen) atoms. The van der Waals surface area contributed by atoms with Crippen LogP contribution in [0, 0.1) is 13.8 Å². The summed E-state index contributed by atoms with van der Waals surface area (Å²) in [6, 6.07) is 1.78. The second-order valence-corrected chi connectivity index (χ2v) is 5.23. The van der Waals surface area contributed by atoms with Crippen molar-refractivity contribution in [3.05, 3.63) is 47.8 Å². The van der Waals surface area contributed by atoms with Gasteiger partial charge in [0.15, 0.2) is 11.9 Å². The molecule has 0 fully saturated rings. The van der Waals surface area contributed by atoms with Crippen LogP contribution in [-0.4, -0.2) is 25.9 Å². The van der Waals surface area contributed by atoms with Crippen molar-refractivity contribution in [3.8, 4) is 0 Å². The normalized spacial score (nSPS) is 18.1. The summed E-state index contributed by atoms with van der Waals surface area (Å²) in [5.74, 6) is 0.461. The Balaban J connectivity index is 1.84. The first kappa shape index (κ1) is 15.3. The highest BCUT2D eigenvalue weighted by atomic mass is 19.4. The SMILES string of the molecule is Cc1cnc(N2NC=C(n3cnc(C(F)(F)F)c3)C2O)cc1C. The number of hydrogen-bond donors (Lipinski definition) is 2. The Bertz CT molecular complexity index is 768. The van der Waals surface area contributed by atoms with Gasteiger partial charge in [-0.3, -0.25) is 5.43 Å². The number of hydrogen-bond acceptors (Lipinski definition) is 5. The van der Waals surface area contributed by atoms with Crippen molar-refractivity contribution in [1.82, 2.24) is 20.0 Å². The third kappa shape index (κ3) is 2.74. The molecule has 122 valence electrons. The molecule has 2 N–H and O–H groups in total. The second kappa shape index (κ2) is 5.27. The number of aromatic nitrogens is 3. The zero-order valence-electron chi connectivity index (χ0n) is 12.3. The van der Waals surface area contributed by atoms with Gasteiger partial charge >= 0.3 is 6.18 Å². The maximum atomic E-state index is 12.6. The lowest BCUT2D eigenvalue weighted by atomic mass is 10.2. The number of anilines is 1. The van der Waals surface area contributed by atoms with Gasteiger partial charge in [-0.2, -0.15) is 13.2 Å². The van der Waals surface area contributed by atoms with Crippen LogP contribution in [0.25, 0.3) is 5.70 Å². The minimum Gasteiger partial charge on any atom is -0.367 e. The third-order valence-corrected chi connectivity index (χ3v) is 3.64. The molecule has 0 radical (unpaired) electrons. The number of rotatable bonds is 2. The van der Waals surface area contributed by atoms with E-state index in [4.69, 9.17) is 0 Å². The number of imidazole rings is 1. The first-order chi connectivity index (χ1) is 10.8. The molecule has 3 heterocycles. The maximum Gasteiger partial charge on any atom is 0.434 e. The summed E-state index contributed by atoms with van der Waals surface area (Å²) in [4.78, 5) is 7.52. The molecule has 6 nitrogen and oxygen atoms in total. The van der Waals surface area contributed by atoms with Gasteiger partial charge in [0.25, 0.3) is 0 Å². The van der Waals surface area contributed by atoms with Crippen LogP contribution in [0.5, 0.6) is 0 Å². The lowest BCUT2D eigenvalue weighted by Crippen LogP contribution is -2.39. The molecule has 1 atom stereocenters. The van der Waals surface area contributed by atoms with Crippen molar-refractivity contribution in [1.29, 1.82) is 0 Å². The highest BCUT2D eigenvalue weighted by molar-refractivity contribution is 5.60. The monoisotopic (exact) mass is 325 g/mol. The van der Waals surface area contributed by atoms with Gasteiger partial charge in [-0.15, -0.1) is 0 Å². The van der Waals surface area contributed by atoms with E-state index >= 15 is 0 Å². The Morgan fingerprint density at radius 3 is 2.57 bits per heavy atom. The van der Waals surface area contributed by atoms with Gasteiger partial charge in [-0.1, -0.05) is 0 Å². The Hall–Kier alpha value is -2.55. The molecule has 0 amide bonds. The molecule has 0 bridgehead atoms. The molecule has 0 saturated carbocycles. The third-order valence-electron chi connectivity index (χ3n) is 3.64. The van der Waals surface area contributed by atoms with Crippen LogP contribution >= 0.6 is 0 Å². The first-order valence-corrected chi connectivity index (χ1v) is 6.75. The Kier molecular flexibility index (Phi) is 3.52. The van der Waals surface area contributed by atoms with E-state index in [0.29, 0.717) is 5.82 Å². The van der Waals surface area contributed by atoms with Crippen LogP contribution in [0.3, 0.4) is 0 Å². The van der Waals surface area contributed by atoms with Crippen LogP contribution < -0.4 is 10.4 Å². The van der Waals surface area contributed by atoms with Crippen molar-refractivity contribution in [3.63, 3.8) is 0 Å². The van der Waals surface area contributed by atoms with Crippen LogP contribution in [-0.2, 0) is 6.18 Å². The highest BCUT2D eigenvalue weighted by Crippen LogP contribution is 2.30. The maximum absolute atomic E-state index is 12.6. The molecule has 0 aliphatic carbocycles. The number of aliphatic hydroxyl groups excluding tert-OH is 1.